The van der Waals surface area contributed by atoms with Crippen LogP contribution in [-0.4, -0.2) is 53.8 Å². The normalized spacial score (nSPS) is 16.8. The number of hydrogen-bond acceptors (Lipinski definition) is 5. The van der Waals surface area contributed by atoms with Crippen LogP contribution in [-0.2, 0) is 11.3 Å². The van der Waals surface area contributed by atoms with Gasteiger partial charge < -0.3 is 19.6 Å². The summed E-state index contributed by atoms with van der Waals surface area (Å²) >= 11 is 0. The van der Waals surface area contributed by atoms with Crippen LogP contribution in [0.3, 0.4) is 0 Å². The van der Waals surface area contributed by atoms with Crippen molar-refractivity contribution in [1.82, 2.24) is 9.88 Å². The smallest absolute Gasteiger partial charge is 0.340 e. The molecular formula is C24H28N2O4. The van der Waals surface area contributed by atoms with E-state index in [1.165, 1.54) is 0 Å². The molecule has 1 atom stereocenters. The molecule has 0 saturated carbocycles. The molecule has 2 aromatic carbocycles. The Labute approximate surface area is 176 Å². The lowest BCUT2D eigenvalue weighted by Crippen LogP contribution is -2.26. The van der Waals surface area contributed by atoms with E-state index in [1.807, 2.05) is 55.5 Å². The lowest BCUT2D eigenvalue weighted by atomic mass is 10.1. The minimum Gasteiger partial charge on any atom is -0.492 e. The molecule has 30 heavy (non-hydrogen) atoms. The van der Waals surface area contributed by atoms with Crippen molar-refractivity contribution in [3.63, 3.8) is 0 Å². The van der Waals surface area contributed by atoms with Crippen LogP contribution in [0.25, 0.3) is 10.9 Å². The predicted molar refractivity (Wildman–Crippen MR) is 116 cm³/mol. The van der Waals surface area contributed by atoms with Gasteiger partial charge in [0.05, 0.1) is 5.56 Å². The van der Waals surface area contributed by atoms with E-state index in [0.29, 0.717) is 18.1 Å². The first kappa shape index (κ1) is 20.4. The molecular weight excluding hydrogens is 380 g/mol. The van der Waals surface area contributed by atoms with Crippen LogP contribution in [0.5, 0.6) is 5.75 Å². The number of carbonyl (C=O) groups is 1. The van der Waals surface area contributed by atoms with Crippen LogP contribution in [0.2, 0.25) is 0 Å². The van der Waals surface area contributed by atoms with E-state index in [4.69, 9.17) is 9.47 Å². The number of benzene rings is 2. The topological polar surface area (TPSA) is 74.8 Å². The minimum absolute atomic E-state index is 0.243. The summed E-state index contributed by atoms with van der Waals surface area (Å²) in [5.74, 6) is 0.775. The number of nitrogens with zero attached hydrogens (tertiary/aromatic N) is 1. The Kier molecular flexibility index (Phi) is 6.35. The van der Waals surface area contributed by atoms with Crippen LogP contribution in [0.4, 0.5) is 0 Å². The summed E-state index contributed by atoms with van der Waals surface area (Å²) in [7, 11) is 0. The van der Waals surface area contributed by atoms with Gasteiger partial charge in [0.2, 0.25) is 0 Å². The Morgan fingerprint density at radius 3 is 2.83 bits per heavy atom. The molecule has 1 fully saturated rings. The first-order chi connectivity index (χ1) is 14.6. The van der Waals surface area contributed by atoms with Gasteiger partial charge in [-0.2, -0.15) is 0 Å². The largest absolute Gasteiger partial charge is 0.492 e. The van der Waals surface area contributed by atoms with Crippen molar-refractivity contribution in [2.24, 2.45) is 5.92 Å². The standard InChI is InChI=1S/C24H28N2O4/c1-17-23(24(28)30-16-18-5-3-2-4-6-18)21-13-20(7-8-22(21)25-17)29-12-11-26-10-9-19(14-26)15-27/h2-8,13,19,25,27H,9-12,14-16H2,1H3. The number of aromatic nitrogens is 1. The molecule has 1 aliphatic rings. The highest BCUT2D eigenvalue weighted by molar-refractivity contribution is 6.05. The van der Waals surface area contributed by atoms with Crippen molar-refractivity contribution >= 4 is 16.9 Å². The molecule has 0 radical (unpaired) electrons. The molecule has 3 aromatic rings. The van der Waals surface area contributed by atoms with Crippen molar-refractivity contribution < 1.29 is 19.4 Å². The third-order valence-corrected chi connectivity index (χ3v) is 5.68. The highest BCUT2D eigenvalue weighted by Gasteiger charge is 2.21. The molecule has 1 unspecified atom stereocenters. The molecule has 6 heteroatoms. The number of rotatable bonds is 8. The van der Waals surface area contributed by atoms with Gasteiger partial charge in [0.25, 0.3) is 0 Å². The molecule has 0 amide bonds. The Morgan fingerprint density at radius 2 is 2.07 bits per heavy atom. The molecule has 158 valence electrons. The van der Waals surface area contributed by atoms with Gasteiger partial charge in [-0.1, -0.05) is 30.3 Å². The van der Waals surface area contributed by atoms with E-state index in [0.717, 1.165) is 54.0 Å². The number of carbonyl (C=O) groups excluding carboxylic acids is 1. The van der Waals surface area contributed by atoms with Gasteiger partial charge in [-0.3, -0.25) is 4.90 Å². The molecule has 2 heterocycles. The maximum Gasteiger partial charge on any atom is 0.340 e. The molecule has 1 saturated heterocycles. The van der Waals surface area contributed by atoms with E-state index in [2.05, 4.69) is 9.88 Å². The van der Waals surface area contributed by atoms with Crippen LogP contribution < -0.4 is 4.74 Å². The number of nitrogens with one attached hydrogen (secondary N) is 1. The van der Waals surface area contributed by atoms with Crippen LogP contribution in [0.15, 0.2) is 48.5 Å². The summed E-state index contributed by atoms with van der Waals surface area (Å²) in [4.78, 5) is 18.3. The van der Waals surface area contributed by atoms with E-state index in [9.17, 15) is 9.90 Å². The average Bonchev–Trinajstić information content (AvgIpc) is 3.36. The monoisotopic (exact) mass is 408 g/mol. The fraction of sp³-hybridized carbons (Fsp3) is 0.375. The highest BCUT2D eigenvalue weighted by Crippen LogP contribution is 2.27. The summed E-state index contributed by atoms with van der Waals surface area (Å²) in [5, 5.41) is 10.1. The molecule has 1 aliphatic heterocycles. The maximum atomic E-state index is 12.8. The van der Waals surface area contributed by atoms with Crippen molar-refractivity contribution in [2.45, 2.75) is 20.0 Å². The van der Waals surface area contributed by atoms with Crippen molar-refractivity contribution in [3.8, 4) is 5.75 Å². The molecule has 0 bridgehead atoms. The fourth-order valence-corrected chi connectivity index (χ4v) is 4.01. The molecule has 0 aliphatic carbocycles. The van der Waals surface area contributed by atoms with Crippen LogP contribution in [0.1, 0.15) is 28.0 Å². The number of likely N-dealkylation sites (tertiary alicyclic amines) is 1. The number of hydrogen-bond donors (Lipinski definition) is 2. The zero-order valence-electron chi connectivity index (χ0n) is 17.3. The second-order valence-corrected chi connectivity index (χ2v) is 7.88. The summed E-state index contributed by atoms with van der Waals surface area (Å²) in [6.45, 7) is 5.70. The van der Waals surface area contributed by atoms with E-state index in [1.54, 1.807) is 0 Å². The highest BCUT2D eigenvalue weighted by atomic mass is 16.5. The van der Waals surface area contributed by atoms with E-state index >= 15 is 0 Å². The number of H-pyrrole nitrogens is 1. The maximum absolute atomic E-state index is 12.8. The molecule has 0 spiro atoms. The van der Waals surface area contributed by atoms with Crippen molar-refractivity contribution in [2.75, 3.05) is 32.8 Å². The van der Waals surface area contributed by atoms with Gasteiger partial charge in [0.1, 0.15) is 19.0 Å². The summed E-state index contributed by atoms with van der Waals surface area (Å²) in [6, 6.07) is 15.4. The van der Waals surface area contributed by atoms with E-state index < -0.39 is 0 Å². The van der Waals surface area contributed by atoms with Crippen molar-refractivity contribution in [1.29, 1.82) is 0 Å². The second-order valence-electron chi connectivity index (χ2n) is 7.88. The van der Waals surface area contributed by atoms with Gasteiger partial charge >= 0.3 is 5.97 Å². The van der Waals surface area contributed by atoms with Crippen LogP contribution >= 0.6 is 0 Å². The Morgan fingerprint density at radius 1 is 1.23 bits per heavy atom. The van der Waals surface area contributed by atoms with Crippen molar-refractivity contribution in [3.05, 3.63) is 65.4 Å². The Bertz CT molecular complexity index is 999. The number of aromatic amines is 1. The fourth-order valence-electron chi connectivity index (χ4n) is 4.01. The number of aliphatic hydroxyl groups excluding tert-OH is 1. The van der Waals surface area contributed by atoms with Gasteiger partial charge in [-0.25, -0.2) is 4.79 Å². The number of aliphatic hydroxyl groups is 1. The number of fused-ring (bicyclic) bond motifs is 1. The zero-order valence-corrected chi connectivity index (χ0v) is 17.3. The predicted octanol–water partition coefficient (Wildman–Crippen LogP) is 3.53. The number of esters is 1. The van der Waals surface area contributed by atoms with Crippen LogP contribution in [0, 0.1) is 12.8 Å². The summed E-state index contributed by atoms with van der Waals surface area (Å²) in [6.07, 6.45) is 1.04. The molecule has 6 nitrogen and oxygen atoms in total. The van der Waals surface area contributed by atoms with Gasteiger partial charge in [0, 0.05) is 36.3 Å². The first-order valence-corrected chi connectivity index (χ1v) is 10.4. The number of aryl methyl sites for hydroxylation is 1. The lowest BCUT2D eigenvalue weighted by Gasteiger charge is -2.16. The third kappa shape index (κ3) is 4.66. The van der Waals surface area contributed by atoms with E-state index in [-0.39, 0.29) is 19.2 Å². The molecule has 1 aromatic heterocycles. The SMILES string of the molecule is Cc1[nH]c2ccc(OCCN3CCC(CO)C3)cc2c1C(=O)OCc1ccccc1. The average molecular weight is 408 g/mol. The first-order valence-electron chi connectivity index (χ1n) is 10.4. The quantitative estimate of drug-likeness (QED) is 0.558. The molecule has 4 rings (SSSR count). The third-order valence-electron chi connectivity index (χ3n) is 5.68. The van der Waals surface area contributed by atoms with Gasteiger partial charge in [-0.05, 0) is 49.6 Å². The summed E-state index contributed by atoms with van der Waals surface area (Å²) < 4.78 is 11.5. The minimum atomic E-state index is -0.341. The lowest BCUT2D eigenvalue weighted by molar-refractivity contribution is 0.0474. The summed E-state index contributed by atoms with van der Waals surface area (Å²) in [5.41, 5.74) is 3.18. The second kappa shape index (κ2) is 9.32. The number of ether oxygens (including phenoxy) is 2. The Hall–Kier alpha value is -2.83. The molecule has 2 N–H and O–H groups in total. The zero-order chi connectivity index (χ0) is 20.9. The van der Waals surface area contributed by atoms with Gasteiger partial charge in [-0.15, -0.1) is 0 Å². The van der Waals surface area contributed by atoms with Gasteiger partial charge in [0.15, 0.2) is 0 Å². The Balaban J connectivity index is 1.41.